The fourth-order valence-corrected chi connectivity index (χ4v) is 4.98. The van der Waals surface area contributed by atoms with Crippen LogP contribution in [0.15, 0.2) is 48.5 Å². The van der Waals surface area contributed by atoms with Crippen LogP contribution in [-0.2, 0) is 27.7 Å². The van der Waals surface area contributed by atoms with E-state index in [0.29, 0.717) is 42.1 Å². The van der Waals surface area contributed by atoms with E-state index in [1.54, 1.807) is 19.1 Å². The summed E-state index contributed by atoms with van der Waals surface area (Å²) in [6.07, 6.45) is 2.58. The highest BCUT2D eigenvalue weighted by Crippen LogP contribution is 2.31. The van der Waals surface area contributed by atoms with Gasteiger partial charge in [0, 0.05) is 12.1 Å². The van der Waals surface area contributed by atoms with E-state index >= 15 is 0 Å². The molecule has 0 saturated carbocycles. The number of carbonyl (C=O) groups is 3. The lowest BCUT2D eigenvalue weighted by Gasteiger charge is -2.21. The smallest absolute Gasteiger partial charge is 0.322 e. The van der Waals surface area contributed by atoms with Gasteiger partial charge in [0.2, 0.25) is 10.0 Å². The van der Waals surface area contributed by atoms with Gasteiger partial charge < -0.3 is 5.32 Å². The van der Waals surface area contributed by atoms with Crippen LogP contribution in [0, 0.1) is 0 Å². The molecular formula is C22H24N4O5S. The second kappa shape index (κ2) is 7.94. The van der Waals surface area contributed by atoms with E-state index in [4.69, 9.17) is 0 Å². The first kappa shape index (κ1) is 21.8. The maximum atomic E-state index is 12.9. The van der Waals surface area contributed by atoms with Crippen LogP contribution in [0.1, 0.15) is 34.8 Å². The largest absolute Gasteiger partial charge is 0.344 e. The first-order valence-electron chi connectivity index (χ1n) is 10.2. The Hall–Kier alpha value is -3.40. The molecule has 168 valence electrons. The van der Waals surface area contributed by atoms with Gasteiger partial charge >= 0.3 is 6.03 Å². The molecule has 2 aromatic rings. The van der Waals surface area contributed by atoms with Crippen LogP contribution in [-0.4, -0.2) is 49.6 Å². The zero-order chi connectivity index (χ0) is 23.1. The summed E-state index contributed by atoms with van der Waals surface area (Å²) in [5.74, 6) is -1.15. The summed E-state index contributed by atoms with van der Waals surface area (Å²) in [6.45, 7) is 1.95. The summed E-state index contributed by atoms with van der Waals surface area (Å²) in [5, 5.41) is 3.38. The molecule has 4 rings (SSSR count). The van der Waals surface area contributed by atoms with Gasteiger partial charge in [0.15, 0.2) is 0 Å². The normalized spacial score (nSPS) is 20.3. The standard InChI is InChI=1S/C22H24N4O5S/c1-22(12-10-15-6-4-3-5-7-15)20(28)26(21(29)23-22)24-19(27)17-8-9-18-16(14-17)11-13-25(18)32(2,30)31/h3-9,14H,10-13H2,1-2H3,(H,23,29)(H,24,27). The van der Waals surface area contributed by atoms with Crippen molar-refractivity contribution in [3.8, 4) is 0 Å². The SMILES string of the molecule is CC1(CCc2ccccc2)NC(=O)N(NC(=O)c2ccc3c(c2)CCN3S(C)(=O)=O)C1=O. The molecule has 0 bridgehead atoms. The molecule has 2 aliphatic rings. The monoisotopic (exact) mass is 456 g/mol. The van der Waals surface area contributed by atoms with Gasteiger partial charge in [-0.05, 0) is 55.5 Å². The number of sulfonamides is 1. The summed E-state index contributed by atoms with van der Waals surface area (Å²) in [5.41, 5.74) is 3.78. The number of aryl methyl sites for hydroxylation is 1. The van der Waals surface area contributed by atoms with E-state index in [0.717, 1.165) is 11.8 Å². The highest BCUT2D eigenvalue weighted by atomic mass is 32.2. The van der Waals surface area contributed by atoms with Crippen molar-refractivity contribution in [1.29, 1.82) is 0 Å². The Balaban J connectivity index is 1.45. The van der Waals surface area contributed by atoms with E-state index in [9.17, 15) is 22.8 Å². The molecule has 1 fully saturated rings. The number of carbonyl (C=O) groups excluding carboxylic acids is 3. The number of hydrogen-bond donors (Lipinski definition) is 2. The van der Waals surface area contributed by atoms with Crippen molar-refractivity contribution in [2.75, 3.05) is 17.1 Å². The lowest BCUT2D eigenvalue weighted by Crippen LogP contribution is -2.49. The highest BCUT2D eigenvalue weighted by Gasteiger charge is 2.48. The third kappa shape index (κ3) is 4.05. The average molecular weight is 457 g/mol. The summed E-state index contributed by atoms with van der Waals surface area (Å²) in [4.78, 5) is 38.1. The third-order valence-electron chi connectivity index (χ3n) is 5.83. The fraction of sp³-hybridized carbons (Fsp3) is 0.318. The van der Waals surface area contributed by atoms with E-state index in [-0.39, 0.29) is 5.56 Å². The highest BCUT2D eigenvalue weighted by molar-refractivity contribution is 7.92. The van der Waals surface area contributed by atoms with Crippen molar-refractivity contribution in [1.82, 2.24) is 15.8 Å². The Morgan fingerprint density at radius 2 is 1.88 bits per heavy atom. The van der Waals surface area contributed by atoms with Gasteiger partial charge in [0.25, 0.3) is 11.8 Å². The van der Waals surface area contributed by atoms with Crippen molar-refractivity contribution < 1.29 is 22.8 Å². The number of nitrogens with one attached hydrogen (secondary N) is 2. The Labute approximate surface area is 186 Å². The number of rotatable bonds is 6. The summed E-state index contributed by atoms with van der Waals surface area (Å²) in [6, 6.07) is 13.6. The first-order chi connectivity index (χ1) is 15.1. The molecule has 2 aliphatic heterocycles. The van der Waals surface area contributed by atoms with Crippen LogP contribution in [0.5, 0.6) is 0 Å². The van der Waals surface area contributed by atoms with Crippen molar-refractivity contribution in [2.24, 2.45) is 0 Å². The number of urea groups is 1. The predicted molar refractivity (Wildman–Crippen MR) is 118 cm³/mol. The number of anilines is 1. The Morgan fingerprint density at radius 1 is 1.16 bits per heavy atom. The molecule has 1 unspecified atom stereocenters. The van der Waals surface area contributed by atoms with E-state index in [2.05, 4.69) is 10.7 Å². The fourth-order valence-electron chi connectivity index (χ4n) is 4.02. The van der Waals surface area contributed by atoms with Crippen LogP contribution >= 0.6 is 0 Å². The van der Waals surface area contributed by atoms with Gasteiger partial charge in [0.1, 0.15) is 5.54 Å². The molecule has 0 spiro atoms. The molecular weight excluding hydrogens is 432 g/mol. The minimum atomic E-state index is -3.39. The summed E-state index contributed by atoms with van der Waals surface area (Å²) in [7, 11) is -3.39. The van der Waals surface area contributed by atoms with Crippen molar-refractivity contribution >= 4 is 33.6 Å². The Bertz CT molecular complexity index is 1200. The minimum Gasteiger partial charge on any atom is -0.322 e. The van der Waals surface area contributed by atoms with Crippen LogP contribution < -0.4 is 15.0 Å². The summed E-state index contributed by atoms with van der Waals surface area (Å²) < 4.78 is 25.1. The van der Waals surface area contributed by atoms with Gasteiger partial charge in [-0.1, -0.05) is 30.3 Å². The number of hydrazine groups is 1. The average Bonchev–Trinajstić information content (AvgIpc) is 3.27. The van der Waals surface area contributed by atoms with E-state index in [1.807, 2.05) is 30.3 Å². The van der Waals surface area contributed by atoms with Crippen LogP contribution in [0.2, 0.25) is 0 Å². The zero-order valence-electron chi connectivity index (χ0n) is 17.8. The lowest BCUT2D eigenvalue weighted by molar-refractivity contribution is -0.132. The van der Waals surface area contributed by atoms with Crippen molar-refractivity contribution in [3.05, 3.63) is 65.2 Å². The number of benzene rings is 2. The predicted octanol–water partition coefficient (Wildman–Crippen LogP) is 1.60. The molecule has 2 N–H and O–H groups in total. The molecule has 0 radical (unpaired) electrons. The van der Waals surface area contributed by atoms with E-state index in [1.165, 1.54) is 10.4 Å². The van der Waals surface area contributed by atoms with Crippen LogP contribution in [0.4, 0.5) is 10.5 Å². The minimum absolute atomic E-state index is 0.234. The van der Waals surface area contributed by atoms with E-state index < -0.39 is 33.4 Å². The van der Waals surface area contributed by atoms with Crippen LogP contribution in [0.25, 0.3) is 0 Å². The number of fused-ring (bicyclic) bond motifs is 1. The first-order valence-corrected chi connectivity index (χ1v) is 12.1. The number of amides is 4. The summed E-state index contributed by atoms with van der Waals surface area (Å²) >= 11 is 0. The van der Waals surface area contributed by atoms with Gasteiger partial charge in [-0.25, -0.2) is 13.2 Å². The molecule has 4 amide bonds. The van der Waals surface area contributed by atoms with Crippen molar-refractivity contribution in [3.63, 3.8) is 0 Å². The number of imide groups is 1. The van der Waals surface area contributed by atoms with Crippen LogP contribution in [0.3, 0.4) is 0 Å². The van der Waals surface area contributed by atoms with Crippen molar-refractivity contribution in [2.45, 2.75) is 31.7 Å². The second-order valence-electron chi connectivity index (χ2n) is 8.26. The molecule has 2 aromatic carbocycles. The van der Waals surface area contributed by atoms with Gasteiger partial charge in [-0.15, -0.1) is 0 Å². The lowest BCUT2D eigenvalue weighted by atomic mass is 9.93. The molecule has 2 heterocycles. The number of nitrogens with zero attached hydrogens (tertiary/aromatic N) is 2. The molecule has 1 saturated heterocycles. The molecule has 9 nitrogen and oxygen atoms in total. The maximum absolute atomic E-state index is 12.9. The Morgan fingerprint density at radius 3 is 2.56 bits per heavy atom. The second-order valence-corrected chi connectivity index (χ2v) is 10.2. The molecule has 32 heavy (non-hydrogen) atoms. The number of hydrogen-bond acceptors (Lipinski definition) is 5. The quantitative estimate of drug-likeness (QED) is 0.641. The third-order valence-corrected chi connectivity index (χ3v) is 7.01. The van der Waals surface area contributed by atoms with Gasteiger partial charge in [-0.2, -0.15) is 5.01 Å². The zero-order valence-corrected chi connectivity index (χ0v) is 18.6. The molecule has 0 aliphatic carbocycles. The maximum Gasteiger partial charge on any atom is 0.344 e. The topological polar surface area (TPSA) is 116 Å². The molecule has 0 aromatic heterocycles. The Kier molecular flexibility index (Phi) is 5.41. The van der Waals surface area contributed by atoms with Gasteiger partial charge in [-0.3, -0.25) is 19.3 Å². The molecule has 10 heteroatoms. The molecule has 1 atom stereocenters. The van der Waals surface area contributed by atoms with Gasteiger partial charge in [0.05, 0.1) is 11.9 Å².